The van der Waals surface area contributed by atoms with Crippen LogP contribution in [0.1, 0.15) is 5.56 Å². The molecule has 0 aliphatic heterocycles. The fourth-order valence-corrected chi connectivity index (χ4v) is 3.93. The number of nitrogens with two attached hydrogens (primary N) is 1. The molecule has 21 heavy (non-hydrogen) atoms. The molecule has 0 radical (unpaired) electrons. The molecule has 0 atom stereocenters. The highest BCUT2D eigenvalue weighted by Crippen LogP contribution is 2.26. The second-order valence-corrected chi connectivity index (χ2v) is 7.05. The molecular weight excluding hydrogens is 363 g/mol. The molecule has 0 aliphatic carbocycles. The third-order valence-corrected chi connectivity index (χ3v) is 5.12. The summed E-state index contributed by atoms with van der Waals surface area (Å²) < 4.78 is 45.9. The number of hydrogen-bond donors (Lipinski definition) is 1. The maximum absolute atomic E-state index is 14.3. The van der Waals surface area contributed by atoms with Crippen LogP contribution in [0, 0.1) is 5.82 Å². The maximum atomic E-state index is 14.3. The Bertz CT molecular complexity index is 608. The van der Waals surface area contributed by atoms with Gasteiger partial charge < -0.3 is 10.5 Å². The molecule has 0 aromatic heterocycles. The van der Waals surface area contributed by atoms with Crippen LogP contribution in [0.25, 0.3) is 0 Å². The van der Waals surface area contributed by atoms with Crippen LogP contribution in [0.5, 0.6) is 0 Å². The summed E-state index contributed by atoms with van der Waals surface area (Å²) in [6.45, 7) is 3.80. The molecule has 118 valence electrons. The van der Waals surface area contributed by atoms with Crippen molar-refractivity contribution in [1.82, 2.24) is 4.31 Å². The van der Waals surface area contributed by atoms with Crippen molar-refractivity contribution in [3.8, 4) is 0 Å². The van der Waals surface area contributed by atoms with E-state index in [1.54, 1.807) is 0 Å². The maximum Gasteiger partial charge on any atom is 0.246 e. The van der Waals surface area contributed by atoms with E-state index in [9.17, 15) is 12.8 Å². The summed E-state index contributed by atoms with van der Waals surface area (Å²) in [5.74, 6) is -0.827. The first-order valence-corrected chi connectivity index (χ1v) is 8.39. The van der Waals surface area contributed by atoms with E-state index in [0.29, 0.717) is 4.47 Å². The second kappa shape index (κ2) is 8.00. The molecular formula is C13H18BrFN2O3S. The highest BCUT2D eigenvalue weighted by molar-refractivity contribution is 9.10. The Morgan fingerprint density at radius 3 is 2.71 bits per heavy atom. The SMILES string of the molecule is C=CCN(CCOC)S(=O)(=O)c1cc(Br)cc(CN)c1F. The van der Waals surface area contributed by atoms with Gasteiger partial charge in [0.15, 0.2) is 0 Å². The van der Waals surface area contributed by atoms with Crippen molar-refractivity contribution >= 4 is 26.0 Å². The van der Waals surface area contributed by atoms with E-state index in [1.807, 2.05) is 0 Å². The Kier molecular flexibility index (Phi) is 6.95. The molecule has 0 unspecified atom stereocenters. The lowest BCUT2D eigenvalue weighted by Gasteiger charge is -2.21. The summed E-state index contributed by atoms with van der Waals surface area (Å²) in [4.78, 5) is -0.407. The van der Waals surface area contributed by atoms with Gasteiger partial charge in [-0.3, -0.25) is 0 Å². The lowest BCUT2D eigenvalue weighted by atomic mass is 10.2. The fraction of sp³-hybridized carbons (Fsp3) is 0.385. The van der Waals surface area contributed by atoms with Crippen molar-refractivity contribution in [2.45, 2.75) is 11.4 Å². The van der Waals surface area contributed by atoms with Crippen LogP contribution in [-0.4, -0.2) is 39.5 Å². The van der Waals surface area contributed by atoms with Crippen molar-refractivity contribution in [1.29, 1.82) is 0 Å². The highest BCUT2D eigenvalue weighted by atomic mass is 79.9. The van der Waals surface area contributed by atoms with Crippen LogP contribution < -0.4 is 5.73 Å². The van der Waals surface area contributed by atoms with Gasteiger partial charge in [0.05, 0.1) is 6.61 Å². The number of nitrogens with zero attached hydrogens (tertiary/aromatic N) is 1. The number of benzene rings is 1. The molecule has 0 aliphatic rings. The molecule has 0 fully saturated rings. The lowest BCUT2D eigenvalue weighted by Crippen LogP contribution is -2.34. The zero-order valence-corrected chi connectivity index (χ0v) is 14.1. The summed E-state index contributed by atoms with van der Waals surface area (Å²) in [6.07, 6.45) is 1.44. The van der Waals surface area contributed by atoms with E-state index in [-0.39, 0.29) is 31.8 Å². The van der Waals surface area contributed by atoms with Crippen LogP contribution in [0.2, 0.25) is 0 Å². The molecule has 1 aromatic rings. The van der Waals surface area contributed by atoms with E-state index in [0.717, 1.165) is 4.31 Å². The van der Waals surface area contributed by atoms with Crippen LogP contribution in [0.3, 0.4) is 0 Å². The Morgan fingerprint density at radius 2 is 2.19 bits per heavy atom. The van der Waals surface area contributed by atoms with Crippen LogP contribution in [0.15, 0.2) is 34.2 Å². The fourth-order valence-electron chi connectivity index (χ4n) is 1.74. The molecule has 0 saturated heterocycles. The van der Waals surface area contributed by atoms with Crippen molar-refractivity contribution in [2.24, 2.45) is 5.73 Å². The van der Waals surface area contributed by atoms with Gasteiger partial charge in [-0.05, 0) is 12.1 Å². The normalized spacial score (nSPS) is 11.9. The molecule has 0 spiro atoms. The molecule has 0 bridgehead atoms. The van der Waals surface area contributed by atoms with E-state index < -0.39 is 20.7 Å². The van der Waals surface area contributed by atoms with Crippen molar-refractivity contribution in [3.05, 3.63) is 40.6 Å². The van der Waals surface area contributed by atoms with Crippen molar-refractivity contribution in [2.75, 3.05) is 26.8 Å². The van der Waals surface area contributed by atoms with Gasteiger partial charge in [-0.1, -0.05) is 22.0 Å². The number of sulfonamides is 1. The Labute approximate surface area is 132 Å². The van der Waals surface area contributed by atoms with Gasteiger partial charge >= 0.3 is 0 Å². The van der Waals surface area contributed by atoms with Gasteiger partial charge in [0, 0.05) is 36.8 Å². The first kappa shape index (κ1) is 18.2. The molecule has 5 nitrogen and oxygen atoms in total. The second-order valence-electron chi connectivity index (χ2n) is 4.23. The summed E-state index contributed by atoms with van der Waals surface area (Å²) in [5, 5.41) is 0. The smallest absolute Gasteiger partial charge is 0.246 e. The molecule has 0 amide bonds. The average molecular weight is 381 g/mol. The zero-order chi connectivity index (χ0) is 16.0. The first-order valence-electron chi connectivity index (χ1n) is 6.16. The lowest BCUT2D eigenvalue weighted by molar-refractivity contribution is 0.182. The number of hydrogen-bond acceptors (Lipinski definition) is 4. The van der Waals surface area contributed by atoms with E-state index in [1.165, 1.54) is 25.3 Å². The predicted molar refractivity (Wildman–Crippen MR) is 82.8 cm³/mol. The van der Waals surface area contributed by atoms with Crippen molar-refractivity contribution in [3.63, 3.8) is 0 Å². The minimum absolute atomic E-state index is 0.0651. The monoisotopic (exact) mass is 380 g/mol. The Morgan fingerprint density at radius 1 is 1.52 bits per heavy atom. The van der Waals surface area contributed by atoms with Gasteiger partial charge in [-0.2, -0.15) is 4.31 Å². The zero-order valence-electron chi connectivity index (χ0n) is 11.7. The van der Waals surface area contributed by atoms with Gasteiger partial charge in [0.1, 0.15) is 10.7 Å². The number of ether oxygens (including phenoxy) is 1. The van der Waals surface area contributed by atoms with Gasteiger partial charge in [-0.25, -0.2) is 12.8 Å². The highest BCUT2D eigenvalue weighted by Gasteiger charge is 2.28. The van der Waals surface area contributed by atoms with Crippen LogP contribution >= 0.6 is 15.9 Å². The molecule has 1 rings (SSSR count). The van der Waals surface area contributed by atoms with Gasteiger partial charge in [0.25, 0.3) is 0 Å². The van der Waals surface area contributed by atoms with Gasteiger partial charge in [0.2, 0.25) is 10.0 Å². The molecule has 2 N–H and O–H groups in total. The quantitative estimate of drug-likeness (QED) is 0.698. The summed E-state index contributed by atoms with van der Waals surface area (Å²) in [7, 11) is -2.54. The third kappa shape index (κ3) is 4.33. The predicted octanol–water partition coefficient (Wildman–Crippen LogP) is 1.87. The molecule has 0 saturated carbocycles. The molecule has 1 aromatic carbocycles. The standard InChI is InChI=1S/C13H18BrFN2O3S/c1-3-4-17(5-6-20-2)21(18,19)12-8-11(14)7-10(9-16)13(12)15/h3,7-8H,1,4-6,9,16H2,2H3. The molecule has 0 heterocycles. The Balaban J connectivity index is 3.33. The number of halogens is 2. The summed E-state index contributed by atoms with van der Waals surface area (Å²) in [5.41, 5.74) is 5.57. The number of rotatable bonds is 8. The summed E-state index contributed by atoms with van der Waals surface area (Å²) in [6, 6.07) is 2.69. The van der Waals surface area contributed by atoms with Crippen LogP contribution in [-0.2, 0) is 21.3 Å². The Hall–Kier alpha value is -0.800. The topological polar surface area (TPSA) is 72.6 Å². The van der Waals surface area contributed by atoms with E-state index >= 15 is 0 Å². The first-order chi connectivity index (χ1) is 9.88. The minimum atomic E-state index is -4.00. The van der Waals surface area contributed by atoms with Crippen LogP contribution in [0.4, 0.5) is 4.39 Å². The van der Waals surface area contributed by atoms with Crippen molar-refractivity contribution < 1.29 is 17.5 Å². The van der Waals surface area contributed by atoms with Gasteiger partial charge in [-0.15, -0.1) is 6.58 Å². The molecule has 8 heteroatoms. The average Bonchev–Trinajstić information content (AvgIpc) is 2.45. The minimum Gasteiger partial charge on any atom is -0.383 e. The van der Waals surface area contributed by atoms with E-state index in [4.69, 9.17) is 10.5 Å². The van der Waals surface area contributed by atoms with E-state index in [2.05, 4.69) is 22.5 Å². The third-order valence-electron chi connectivity index (χ3n) is 2.79. The number of methoxy groups -OCH3 is 1. The summed E-state index contributed by atoms with van der Waals surface area (Å²) >= 11 is 3.17. The largest absolute Gasteiger partial charge is 0.383 e.